The summed E-state index contributed by atoms with van der Waals surface area (Å²) in [5.41, 5.74) is 1.21. The van der Waals surface area contributed by atoms with Crippen LogP contribution in [-0.4, -0.2) is 49.7 Å². The van der Waals surface area contributed by atoms with Crippen LogP contribution < -0.4 is 19.9 Å². The summed E-state index contributed by atoms with van der Waals surface area (Å²) >= 11 is 0. The Kier molecular flexibility index (Phi) is 6.66. The van der Waals surface area contributed by atoms with Crippen molar-refractivity contribution in [1.29, 1.82) is 0 Å². The minimum Gasteiger partial charge on any atom is -0.492 e. The summed E-state index contributed by atoms with van der Waals surface area (Å²) in [4.78, 5) is 26.8. The van der Waals surface area contributed by atoms with Gasteiger partial charge in [-0.1, -0.05) is 24.3 Å². The van der Waals surface area contributed by atoms with E-state index < -0.39 is 4.92 Å². The summed E-state index contributed by atoms with van der Waals surface area (Å²) in [6.07, 6.45) is 0. The van der Waals surface area contributed by atoms with Crippen LogP contribution in [-0.2, 0) is 4.79 Å². The zero-order valence-corrected chi connectivity index (χ0v) is 16.8. The summed E-state index contributed by atoms with van der Waals surface area (Å²) in [5.74, 6) is 0.665. The quantitative estimate of drug-likeness (QED) is 0.547. The molecule has 2 N–H and O–H groups in total. The van der Waals surface area contributed by atoms with Crippen LogP contribution in [0.5, 0.6) is 5.75 Å². The molecule has 0 aromatic heterocycles. The fraction of sp³-hybridized carbons (Fsp3) is 0.381. The number of carbonyl (C=O) groups excluding carboxylic acids is 1. The highest BCUT2D eigenvalue weighted by atomic mass is 16.6. The van der Waals surface area contributed by atoms with Gasteiger partial charge in [-0.3, -0.25) is 14.9 Å². The van der Waals surface area contributed by atoms with Gasteiger partial charge in [0, 0.05) is 6.07 Å². The summed E-state index contributed by atoms with van der Waals surface area (Å²) in [7, 11) is 0. The summed E-state index contributed by atoms with van der Waals surface area (Å²) < 4.78 is 5.73. The van der Waals surface area contributed by atoms with Gasteiger partial charge in [-0.15, -0.1) is 0 Å². The zero-order valence-electron chi connectivity index (χ0n) is 16.8. The van der Waals surface area contributed by atoms with Crippen molar-refractivity contribution in [2.24, 2.45) is 0 Å². The number of nitro groups is 1. The SMILES string of the molecule is CCOc1ccccc1N1CC[NH+]([C@@H](C)C(=O)Nc2ccccc2[N+](=O)[O-])CC1. The summed E-state index contributed by atoms with van der Waals surface area (Å²) in [5, 5.41) is 13.9. The molecular formula is C21H27N4O4+. The second kappa shape index (κ2) is 9.38. The van der Waals surface area contributed by atoms with Crippen molar-refractivity contribution < 1.29 is 19.4 Å². The first-order valence-corrected chi connectivity index (χ1v) is 9.87. The van der Waals surface area contributed by atoms with Gasteiger partial charge in [0.1, 0.15) is 11.4 Å². The van der Waals surface area contributed by atoms with E-state index in [-0.39, 0.29) is 23.3 Å². The Morgan fingerprint density at radius 3 is 2.55 bits per heavy atom. The van der Waals surface area contributed by atoms with Crippen molar-refractivity contribution in [2.75, 3.05) is 43.0 Å². The van der Waals surface area contributed by atoms with E-state index >= 15 is 0 Å². The molecule has 1 aliphatic heterocycles. The van der Waals surface area contributed by atoms with E-state index in [0.29, 0.717) is 6.61 Å². The van der Waals surface area contributed by atoms with Gasteiger partial charge in [0.15, 0.2) is 6.04 Å². The van der Waals surface area contributed by atoms with Crippen LogP contribution in [0.25, 0.3) is 0 Å². The van der Waals surface area contributed by atoms with Crippen molar-refractivity contribution in [1.82, 2.24) is 0 Å². The number of anilines is 2. The number of nitrogens with zero attached hydrogens (tertiary/aromatic N) is 2. The molecule has 0 bridgehead atoms. The van der Waals surface area contributed by atoms with E-state index in [9.17, 15) is 14.9 Å². The highest BCUT2D eigenvalue weighted by Crippen LogP contribution is 2.28. The maximum Gasteiger partial charge on any atom is 0.292 e. The number of hydrogen-bond acceptors (Lipinski definition) is 5. The lowest BCUT2D eigenvalue weighted by atomic mass is 10.1. The number of quaternary nitrogens is 1. The number of ether oxygens (including phenoxy) is 1. The van der Waals surface area contributed by atoms with Crippen LogP contribution in [0.4, 0.5) is 17.1 Å². The Morgan fingerprint density at radius 2 is 1.86 bits per heavy atom. The molecule has 8 nitrogen and oxygen atoms in total. The summed E-state index contributed by atoms with van der Waals surface area (Å²) in [6.45, 7) is 7.66. The normalized spacial score (nSPS) is 15.6. The molecule has 2 aromatic carbocycles. The highest BCUT2D eigenvalue weighted by Gasteiger charge is 2.31. The molecule has 0 radical (unpaired) electrons. The lowest BCUT2D eigenvalue weighted by Gasteiger charge is -2.36. The third-order valence-corrected chi connectivity index (χ3v) is 5.28. The molecule has 154 valence electrons. The van der Waals surface area contributed by atoms with Gasteiger partial charge >= 0.3 is 0 Å². The molecule has 1 atom stereocenters. The second-order valence-electron chi connectivity index (χ2n) is 7.03. The van der Waals surface area contributed by atoms with Crippen LogP contribution in [0, 0.1) is 10.1 Å². The average molecular weight is 399 g/mol. The number of piperazine rings is 1. The number of hydrogen-bond donors (Lipinski definition) is 2. The minimum absolute atomic E-state index is 0.0969. The maximum absolute atomic E-state index is 12.7. The second-order valence-corrected chi connectivity index (χ2v) is 7.03. The third-order valence-electron chi connectivity index (χ3n) is 5.28. The minimum atomic E-state index is -0.484. The smallest absolute Gasteiger partial charge is 0.292 e. The molecule has 3 rings (SSSR count). The molecule has 2 aromatic rings. The molecule has 1 aliphatic rings. The zero-order chi connectivity index (χ0) is 20.8. The van der Waals surface area contributed by atoms with Gasteiger partial charge in [-0.2, -0.15) is 0 Å². The highest BCUT2D eigenvalue weighted by molar-refractivity contribution is 5.95. The van der Waals surface area contributed by atoms with Gasteiger partial charge in [0.05, 0.1) is 43.4 Å². The first-order valence-electron chi connectivity index (χ1n) is 9.87. The van der Waals surface area contributed by atoms with Gasteiger partial charge in [0.25, 0.3) is 11.6 Å². The number of nitro benzene ring substituents is 1. The number of carbonyl (C=O) groups is 1. The first-order chi connectivity index (χ1) is 14.0. The Hall–Kier alpha value is -3.13. The lowest BCUT2D eigenvalue weighted by Crippen LogP contribution is -3.19. The van der Waals surface area contributed by atoms with Crippen LogP contribution in [0.3, 0.4) is 0 Å². The number of rotatable bonds is 7. The Morgan fingerprint density at radius 1 is 1.21 bits per heavy atom. The van der Waals surface area contributed by atoms with E-state index in [1.54, 1.807) is 18.2 Å². The predicted octanol–water partition coefficient (Wildman–Crippen LogP) is 1.73. The van der Waals surface area contributed by atoms with Gasteiger partial charge < -0.3 is 19.9 Å². The number of amides is 1. The van der Waals surface area contributed by atoms with Crippen LogP contribution in [0.1, 0.15) is 13.8 Å². The third kappa shape index (κ3) is 4.83. The van der Waals surface area contributed by atoms with Crippen molar-refractivity contribution in [3.63, 3.8) is 0 Å². The molecule has 0 unspecified atom stereocenters. The van der Waals surface area contributed by atoms with Crippen LogP contribution in [0.15, 0.2) is 48.5 Å². The Bertz CT molecular complexity index is 865. The fourth-order valence-corrected chi connectivity index (χ4v) is 3.63. The molecule has 0 spiro atoms. The van der Waals surface area contributed by atoms with Crippen molar-refractivity contribution in [3.8, 4) is 5.75 Å². The summed E-state index contributed by atoms with van der Waals surface area (Å²) in [6, 6.07) is 13.9. The maximum atomic E-state index is 12.7. The molecule has 29 heavy (non-hydrogen) atoms. The predicted molar refractivity (Wildman–Crippen MR) is 112 cm³/mol. The number of nitrogens with one attached hydrogen (secondary N) is 2. The largest absolute Gasteiger partial charge is 0.492 e. The van der Waals surface area contributed by atoms with Crippen LogP contribution >= 0.6 is 0 Å². The molecule has 0 saturated carbocycles. The first kappa shape index (κ1) is 20.6. The van der Waals surface area contributed by atoms with Gasteiger partial charge in [-0.05, 0) is 32.0 Å². The molecule has 1 amide bonds. The van der Waals surface area contributed by atoms with E-state index in [2.05, 4.69) is 16.3 Å². The lowest BCUT2D eigenvalue weighted by molar-refractivity contribution is -0.914. The molecule has 1 saturated heterocycles. The monoisotopic (exact) mass is 399 g/mol. The van der Waals surface area contributed by atoms with E-state index in [4.69, 9.17) is 4.74 Å². The number of benzene rings is 2. The van der Waals surface area contributed by atoms with E-state index in [1.165, 1.54) is 6.07 Å². The van der Waals surface area contributed by atoms with E-state index in [1.807, 2.05) is 32.0 Å². The molecule has 8 heteroatoms. The molecular weight excluding hydrogens is 372 g/mol. The molecule has 1 heterocycles. The van der Waals surface area contributed by atoms with Gasteiger partial charge in [0.2, 0.25) is 0 Å². The standard InChI is InChI=1S/C21H26N4O4/c1-3-29-20-11-7-6-10-19(20)24-14-12-23(13-15-24)16(2)21(26)22-17-8-4-5-9-18(17)25(27)28/h4-11,16H,3,12-15H2,1-2H3,(H,22,26)/p+1/t16-/m0/s1. The van der Waals surface area contributed by atoms with Crippen molar-refractivity contribution in [3.05, 3.63) is 58.6 Å². The number of para-hydroxylation sites is 4. The fourth-order valence-electron chi connectivity index (χ4n) is 3.63. The van der Waals surface area contributed by atoms with Crippen LogP contribution in [0.2, 0.25) is 0 Å². The average Bonchev–Trinajstić information content (AvgIpc) is 2.74. The van der Waals surface area contributed by atoms with E-state index in [0.717, 1.165) is 42.5 Å². The van der Waals surface area contributed by atoms with Crippen molar-refractivity contribution in [2.45, 2.75) is 19.9 Å². The molecule has 1 fully saturated rings. The Balaban J connectivity index is 1.61. The molecule has 0 aliphatic carbocycles. The topological polar surface area (TPSA) is 89.2 Å². The van der Waals surface area contributed by atoms with Crippen molar-refractivity contribution >= 4 is 23.0 Å². The Labute approximate surface area is 170 Å². The van der Waals surface area contributed by atoms with Gasteiger partial charge in [-0.25, -0.2) is 0 Å².